The van der Waals surface area contributed by atoms with Crippen molar-refractivity contribution in [3.8, 4) is 0 Å². The summed E-state index contributed by atoms with van der Waals surface area (Å²) in [5.74, 6) is -0.0489. The van der Waals surface area contributed by atoms with Gasteiger partial charge in [-0.25, -0.2) is 0 Å². The van der Waals surface area contributed by atoms with Gasteiger partial charge in [-0.05, 0) is 57.8 Å². The van der Waals surface area contributed by atoms with Gasteiger partial charge < -0.3 is 20.3 Å². The van der Waals surface area contributed by atoms with Crippen molar-refractivity contribution in [2.75, 3.05) is 13.2 Å². The van der Waals surface area contributed by atoms with E-state index in [1.165, 1.54) is 315 Å². The minimum atomic E-state index is -0.839. The minimum Gasteiger partial charge on any atom is -0.466 e. The smallest absolute Gasteiger partial charge is 0.305 e. The predicted octanol–water partition coefficient (Wildman–Crippen LogP) is 22.1. The number of hydrogen-bond donors (Lipinski definition) is 3. The molecule has 0 aromatic carbocycles. The minimum absolute atomic E-state index is 0.0133. The van der Waals surface area contributed by atoms with Crippen LogP contribution in [0.15, 0.2) is 24.3 Å². The van der Waals surface area contributed by atoms with E-state index in [2.05, 4.69) is 31.3 Å². The Balaban J connectivity index is 3.31. The molecule has 0 saturated heterocycles. The average Bonchev–Trinajstić information content (AvgIpc) is 3.42. The van der Waals surface area contributed by atoms with Crippen molar-refractivity contribution in [1.29, 1.82) is 0 Å². The van der Waals surface area contributed by atoms with E-state index < -0.39 is 12.1 Å². The summed E-state index contributed by atoms with van der Waals surface area (Å²) >= 11 is 0. The molecular weight excluding hydrogens is 935 g/mol. The summed E-state index contributed by atoms with van der Waals surface area (Å²) in [5.41, 5.74) is 0. The predicted molar refractivity (Wildman–Crippen MR) is 333 cm³/mol. The molecule has 0 fully saturated rings. The van der Waals surface area contributed by atoms with Crippen LogP contribution in [0.2, 0.25) is 0 Å². The highest BCUT2D eigenvalue weighted by molar-refractivity contribution is 5.76. The van der Waals surface area contributed by atoms with E-state index in [9.17, 15) is 19.8 Å². The summed E-state index contributed by atoms with van der Waals surface area (Å²) in [6, 6.07) is -0.622. The van der Waals surface area contributed by atoms with Gasteiger partial charge in [-0.3, -0.25) is 9.59 Å². The van der Waals surface area contributed by atoms with E-state index in [1.54, 1.807) is 6.08 Å². The van der Waals surface area contributed by atoms with E-state index >= 15 is 0 Å². The van der Waals surface area contributed by atoms with Crippen LogP contribution in [0.5, 0.6) is 0 Å². The fourth-order valence-electron chi connectivity index (χ4n) is 10.9. The van der Waals surface area contributed by atoms with Crippen molar-refractivity contribution in [1.82, 2.24) is 5.32 Å². The number of aliphatic hydroxyl groups is 2. The van der Waals surface area contributed by atoms with Crippen molar-refractivity contribution in [2.24, 2.45) is 0 Å². The fraction of sp³-hybridized carbons (Fsp3) is 0.914. The molecule has 6 nitrogen and oxygen atoms in total. The van der Waals surface area contributed by atoms with Crippen molar-refractivity contribution in [3.63, 3.8) is 0 Å². The lowest BCUT2D eigenvalue weighted by Gasteiger charge is -2.20. The lowest BCUT2D eigenvalue weighted by molar-refractivity contribution is -0.143. The molecule has 0 aliphatic rings. The molecule has 450 valence electrons. The second kappa shape index (κ2) is 65.9. The molecule has 0 saturated carbocycles. The van der Waals surface area contributed by atoms with Gasteiger partial charge in [0.2, 0.25) is 5.91 Å². The first-order valence-electron chi connectivity index (χ1n) is 34.6. The molecule has 0 heterocycles. The summed E-state index contributed by atoms with van der Waals surface area (Å²) < 4.78 is 5.49. The Kier molecular flexibility index (Phi) is 64.4. The molecule has 0 bridgehead atoms. The number of rotatable bonds is 65. The van der Waals surface area contributed by atoms with Crippen LogP contribution in [-0.2, 0) is 14.3 Å². The quantitative estimate of drug-likeness (QED) is 0.0320. The zero-order valence-electron chi connectivity index (χ0n) is 51.5. The van der Waals surface area contributed by atoms with Crippen LogP contribution in [-0.4, -0.2) is 47.4 Å². The summed E-state index contributed by atoms with van der Waals surface area (Å²) in [4.78, 5) is 24.5. The third-order valence-electron chi connectivity index (χ3n) is 16.2. The van der Waals surface area contributed by atoms with E-state index in [0.29, 0.717) is 19.4 Å². The largest absolute Gasteiger partial charge is 0.466 e. The van der Waals surface area contributed by atoms with Crippen LogP contribution in [0, 0.1) is 0 Å². The Bertz CT molecular complexity index is 1190. The van der Waals surface area contributed by atoms with Gasteiger partial charge in [0, 0.05) is 12.8 Å². The SMILES string of the molecule is CCCCCCC/C=C\CCCCCCCC(=O)OCCCCCCCCCCCCCCCCCCCCCCCCCCCCCCCCCCCC(=O)NC(CO)C(O)/C=C/CCCCCCCCCCCC. The lowest BCUT2D eigenvalue weighted by atomic mass is 10.0. The average molecular weight is 1070 g/mol. The molecule has 2 unspecified atom stereocenters. The van der Waals surface area contributed by atoms with Gasteiger partial charge in [0.05, 0.1) is 25.4 Å². The number of carbonyl (C=O) groups excluding carboxylic acids is 2. The molecule has 0 radical (unpaired) electrons. The van der Waals surface area contributed by atoms with Crippen LogP contribution in [0.1, 0.15) is 386 Å². The second-order valence-electron chi connectivity index (χ2n) is 23.9. The highest BCUT2D eigenvalue weighted by atomic mass is 16.5. The Hall–Kier alpha value is -1.66. The summed E-state index contributed by atoms with van der Waals surface area (Å²) in [5, 5.41) is 23.1. The van der Waals surface area contributed by atoms with Crippen molar-refractivity contribution >= 4 is 11.9 Å². The standard InChI is InChI=1S/C70H135NO5/c1-3-5-7-9-11-13-15-17-40-44-48-52-56-60-64-70(75)76-65-61-57-53-49-45-41-38-36-34-32-30-28-26-24-22-20-18-19-21-23-25-27-29-31-33-35-37-39-43-47-51-55-59-63-69(74)71-67(66-72)68(73)62-58-54-50-46-42-16-14-12-10-8-6-4-2/h15,17,58,62,67-68,72-73H,3-14,16,18-57,59-61,63-66H2,1-2H3,(H,71,74)/b17-15-,62-58+. The maximum atomic E-state index is 12.5. The van der Waals surface area contributed by atoms with E-state index in [0.717, 1.165) is 44.9 Å². The summed E-state index contributed by atoms with van der Waals surface area (Å²) in [7, 11) is 0. The molecule has 0 aliphatic heterocycles. The fourth-order valence-corrected chi connectivity index (χ4v) is 10.9. The number of allylic oxidation sites excluding steroid dienone is 3. The van der Waals surface area contributed by atoms with Crippen LogP contribution in [0.3, 0.4) is 0 Å². The van der Waals surface area contributed by atoms with Gasteiger partial charge in [-0.1, -0.05) is 340 Å². The number of ether oxygens (including phenoxy) is 1. The van der Waals surface area contributed by atoms with Gasteiger partial charge in [0.25, 0.3) is 0 Å². The first kappa shape index (κ1) is 74.3. The second-order valence-corrected chi connectivity index (χ2v) is 23.9. The number of esters is 1. The molecule has 0 rings (SSSR count). The molecule has 0 aromatic heterocycles. The van der Waals surface area contributed by atoms with Crippen LogP contribution >= 0.6 is 0 Å². The number of unbranched alkanes of at least 4 members (excludes halogenated alkanes) is 52. The van der Waals surface area contributed by atoms with Crippen molar-refractivity contribution in [3.05, 3.63) is 24.3 Å². The van der Waals surface area contributed by atoms with E-state index in [1.807, 2.05) is 6.08 Å². The Labute approximate surface area is 475 Å². The Morgan fingerprint density at radius 1 is 0.355 bits per heavy atom. The maximum Gasteiger partial charge on any atom is 0.305 e. The van der Waals surface area contributed by atoms with Gasteiger partial charge in [-0.15, -0.1) is 0 Å². The normalized spacial score (nSPS) is 12.6. The molecule has 0 aromatic rings. The molecule has 76 heavy (non-hydrogen) atoms. The van der Waals surface area contributed by atoms with Gasteiger partial charge in [0.1, 0.15) is 0 Å². The number of nitrogens with one attached hydrogen (secondary N) is 1. The van der Waals surface area contributed by atoms with Crippen LogP contribution < -0.4 is 5.32 Å². The van der Waals surface area contributed by atoms with Gasteiger partial charge in [0.15, 0.2) is 0 Å². The van der Waals surface area contributed by atoms with Crippen LogP contribution in [0.25, 0.3) is 0 Å². The first-order chi connectivity index (χ1) is 37.5. The zero-order valence-corrected chi connectivity index (χ0v) is 51.5. The Morgan fingerprint density at radius 2 is 0.618 bits per heavy atom. The first-order valence-corrected chi connectivity index (χ1v) is 34.6. The topological polar surface area (TPSA) is 95.9 Å². The molecule has 1 amide bonds. The number of hydrogen-bond acceptors (Lipinski definition) is 5. The Morgan fingerprint density at radius 3 is 0.934 bits per heavy atom. The molecule has 0 aliphatic carbocycles. The highest BCUT2D eigenvalue weighted by Crippen LogP contribution is 2.19. The maximum absolute atomic E-state index is 12.5. The lowest BCUT2D eigenvalue weighted by Crippen LogP contribution is -2.45. The number of carbonyl (C=O) groups is 2. The van der Waals surface area contributed by atoms with Crippen molar-refractivity contribution in [2.45, 2.75) is 398 Å². The molecule has 2 atom stereocenters. The molecular formula is C70H135NO5. The monoisotopic (exact) mass is 1070 g/mol. The van der Waals surface area contributed by atoms with Crippen molar-refractivity contribution < 1.29 is 24.5 Å². The van der Waals surface area contributed by atoms with Gasteiger partial charge >= 0.3 is 5.97 Å². The third-order valence-corrected chi connectivity index (χ3v) is 16.2. The van der Waals surface area contributed by atoms with Gasteiger partial charge in [-0.2, -0.15) is 0 Å². The number of aliphatic hydroxyl groups excluding tert-OH is 2. The molecule has 0 spiro atoms. The van der Waals surface area contributed by atoms with E-state index in [4.69, 9.17) is 4.74 Å². The molecule has 6 heteroatoms. The molecule has 3 N–H and O–H groups in total. The summed E-state index contributed by atoms with van der Waals surface area (Å²) in [6.45, 7) is 4.91. The summed E-state index contributed by atoms with van der Waals surface area (Å²) in [6.07, 6.45) is 82.7. The highest BCUT2D eigenvalue weighted by Gasteiger charge is 2.18. The van der Waals surface area contributed by atoms with Crippen LogP contribution in [0.4, 0.5) is 0 Å². The van der Waals surface area contributed by atoms with E-state index in [-0.39, 0.29) is 18.5 Å². The third kappa shape index (κ3) is 61.6. The number of amides is 1. The zero-order chi connectivity index (χ0) is 55.0.